The molecule has 0 N–H and O–H groups in total. The van der Waals surface area contributed by atoms with Gasteiger partial charge in [0.05, 0.1) is 7.11 Å². The summed E-state index contributed by atoms with van der Waals surface area (Å²) in [5.74, 6) is 1.66. The average Bonchev–Trinajstić information content (AvgIpc) is 2.87. The van der Waals surface area contributed by atoms with Gasteiger partial charge in [-0.25, -0.2) is 0 Å². The van der Waals surface area contributed by atoms with Crippen LogP contribution in [0.3, 0.4) is 0 Å². The van der Waals surface area contributed by atoms with Crippen LogP contribution in [0.25, 0.3) is 0 Å². The minimum Gasteiger partial charge on any atom is -0.496 e. The summed E-state index contributed by atoms with van der Waals surface area (Å²) in [5.41, 5.74) is 1.20. The summed E-state index contributed by atoms with van der Waals surface area (Å²) in [6.07, 6.45) is 3.77. The van der Waals surface area contributed by atoms with Crippen molar-refractivity contribution in [3.8, 4) is 5.75 Å². The smallest absolute Gasteiger partial charge is 0.223 e. The molecule has 1 heterocycles. The van der Waals surface area contributed by atoms with Crippen LogP contribution in [0.5, 0.6) is 5.75 Å². The largest absolute Gasteiger partial charge is 0.496 e. The van der Waals surface area contributed by atoms with Crippen LogP contribution >= 0.6 is 0 Å². The fraction of sp³-hybridized carbons (Fsp3) is 0.588. The number of likely N-dealkylation sites (tertiary alicyclic amines) is 1. The fourth-order valence-corrected chi connectivity index (χ4v) is 2.97. The lowest BCUT2D eigenvalue weighted by Gasteiger charge is -2.26. The molecule has 0 saturated carbocycles. The molecule has 0 spiro atoms. The third-order valence-corrected chi connectivity index (χ3v) is 3.93. The van der Waals surface area contributed by atoms with Crippen LogP contribution in [0.2, 0.25) is 0 Å². The van der Waals surface area contributed by atoms with E-state index in [2.05, 4.69) is 24.8 Å². The molecule has 0 aromatic heterocycles. The number of para-hydroxylation sites is 1. The van der Waals surface area contributed by atoms with Crippen LogP contribution in [0.15, 0.2) is 24.3 Å². The molecule has 20 heavy (non-hydrogen) atoms. The van der Waals surface area contributed by atoms with Gasteiger partial charge in [0.2, 0.25) is 5.91 Å². The Kier molecular flexibility index (Phi) is 5.05. The Morgan fingerprint density at radius 1 is 1.40 bits per heavy atom. The highest BCUT2D eigenvalue weighted by molar-refractivity contribution is 5.77. The molecule has 3 nitrogen and oxygen atoms in total. The molecule has 1 atom stereocenters. The fourth-order valence-electron chi connectivity index (χ4n) is 2.97. The van der Waals surface area contributed by atoms with Crippen LogP contribution in [-0.2, 0) is 11.2 Å². The summed E-state index contributed by atoms with van der Waals surface area (Å²) in [6, 6.07) is 8.44. The van der Waals surface area contributed by atoms with Crippen LogP contribution in [-0.4, -0.2) is 30.5 Å². The van der Waals surface area contributed by atoms with Crippen LogP contribution in [0.4, 0.5) is 0 Å². The second-order valence-corrected chi connectivity index (χ2v) is 6.00. The summed E-state index contributed by atoms with van der Waals surface area (Å²) in [5, 5.41) is 0. The third kappa shape index (κ3) is 3.53. The number of rotatable bonds is 5. The highest BCUT2D eigenvalue weighted by Gasteiger charge is 2.29. The SMILES string of the molecule is COc1ccccc1C[C@@H]1CCCN1C(=O)CC(C)C. The molecule has 1 aromatic rings. The maximum absolute atomic E-state index is 12.3. The number of hydrogen-bond donors (Lipinski definition) is 0. The second kappa shape index (κ2) is 6.78. The number of amides is 1. The summed E-state index contributed by atoms with van der Waals surface area (Å²) in [4.78, 5) is 14.4. The van der Waals surface area contributed by atoms with Crippen LogP contribution in [0, 0.1) is 5.92 Å². The zero-order valence-electron chi connectivity index (χ0n) is 12.8. The molecule has 1 fully saturated rings. The lowest BCUT2D eigenvalue weighted by Crippen LogP contribution is -2.37. The number of carbonyl (C=O) groups is 1. The van der Waals surface area contributed by atoms with E-state index in [4.69, 9.17) is 4.74 Å². The van der Waals surface area contributed by atoms with Gasteiger partial charge in [0.25, 0.3) is 0 Å². The predicted octanol–water partition coefficient (Wildman–Crippen LogP) is 3.27. The van der Waals surface area contributed by atoms with E-state index in [0.717, 1.165) is 31.6 Å². The summed E-state index contributed by atoms with van der Waals surface area (Å²) in [7, 11) is 1.70. The van der Waals surface area contributed by atoms with E-state index in [0.29, 0.717) is 24.3 Å². The molecule has 1 aliphatic rings. The first kappa shape index (κ1) is 14.9. The normalized spacial score (nSPS) is 18.6. The highest BCUT2D eigenvalue weighted by atomic mass is 16.5. The average molecular weight is 275 g/mol. The van der Waals surface area contributed by atoms with Crippen molar-refractivity contribution < 1.29 is 9.53 Å². The summed E-state index contributed by atoms with van der Waals surface area (Å²) in [6.45, 7) is 5.11. The van der Waals surface area contributed by atoms with Gasteiger partial charge in [0.15, 0.2) is 0 Å². The van der Waals surface area contributed by atoms with E-state index in [1.807, 2.05) is 18.2 Å². The maximum Gasteiger partial charge on any atom is 0.223 e. The lowest BCUT2D eigenvalue weighted by molar-refractivity contribution is -0.132. The van der Waals surface area contributed by atoms with Crippen molar-refractivity contribution >= 4 is 5.91 Å². The Morgan fingerprint density at radius 2 is 2.15 bits per heavy atom. The standard InChI is InChI=1S/C17H25NO2/c1-13(2)11-17(19)18-10-6-8-15(18)12-14-7-4-5-9-16(14)20-3/h4-5,7,9,13,15H,6,8,10-12H2,1-3H3/t15-/m0/s1. The molecule has 110 valence electrons. The number of methoxy groups -OCH3 is 1. The zero-order valence-corrected chi connectivity index (χ0v) is 12.8. The first-order valence-corrected chi connectivity index (χ1v) is 7.53. The number of hydrogen-bond acceptors (Lipinski definition) is 2. The van der Waals surface area contributed by atoms with E-state index in [1.54, 1.807) is 7.11 Å². The molecule has 1 aliphatic heterocycles. The Bertz CT molecular complexity index is 456. The van der Waals surface area contributed by atoms with Crippen molar-refractivity contribution in [2.24, 2.45) is 5.92 Å². The topological polar surface area (TPSA) is 29.5 Å². The summed E-state index contributed by atoms with van der Waals surface area (Å²) < 4.78 is 5.41. The predicted molar refractivity (Wildman–Crippen MR) is 80.9 cm³/mol. The maximum atomic E-state index is 12.3. The molecule has 2 rings (SSSR count). The minimum atomic E-state index is 0.303. The summed E-state index contributed by atoms with van der Waals surface area (Å²) >= 11 is 0. The monoisotopic (exact) mass is 275 g/mol. The van der Waals surface area contributed by atoms with E-state index >= 15 is 0 Å². The first-order valence-electron chi connectivity index (χ1n) is 7.53. The quantitative estimate of drug-likeness (QED) is 0.825. The van der Waals surface area contributed by atoms with E-state index in [9.17, 15) is 4.79 Å². The van der Waals surface area contributed by atoms with E-state index in [1.165, 1.54) is 5.56 Å². The lowest BCUT2D eigenvalue weighted by atomic mass is 10.0. The molecule has 1 aromatic carbocycles. The molecule has 1 saturated heterocycles. The molecule has 0 bridgehead atoms. The molecule has 0 radical (unpaired) electrons. The van der Waals surface area contributed by atoms with Gasteiger partial charge in [0, 0.05) is 19.0 Å². The van der Waals surface area contributed by atoms with Crippen LogP contribution < -0.4 is 4.74 Å². The zero-order chi connectivity index (χ0) is 14.5. The van der Waals surface area contributed by atoms with Crippen molar-refractivity contribution in [3.63, 3.8) is 0 Å². The number of carbonyl (C=O) groups excluding carboxylic acids is 1. The van der Waals surface area contributed by atoms with Crippen molar-refractivity contribution in [1.82, 2.24) is 4.90 Å². The number of nitrogens with zero attached hydrogens (tertiary/aromatic N) is 1. The Balaban J connectivity index is 2.06. The van der Waals surface area contributed by atoms with Gasteiger partial charge in [-0.15, -0.1) is 0 Å². The Hall–Kier alpha value is -1.51. The molecular formula is C17H25NO2. The molecule has 0 unspecified atom stereocenters. The minimum absolute atomic E-state index is 0.303. The Morgan fingerprint density at radius 3 is 2.85 bits per heavy atom. The molecular weight excluding hydrogens is 250 g/mol. The first-order chi connectivity index (χ1) is 9.61. The van der Waals surface area contributed by atoms with Crippen molar-refractivity contribution in [2.75, 3.05) is 13.7 Å². The molecule has 1 amide bonds. The second-order valence-electron chi connectivity index (χ2n) is 6.00. The Labute approximate surface area is 121 Å². The van der Waals surface area contributed by atoms with Crippen molar-refractivity contribution in [1.29, 1.82) is 0 Å². The van der Waals surface area contributed by atoms with E-state index < -0.39 is 0 Å². The van der Waals surface area contributed by atoms with Gasteiger partial charge in [-0.1, -0.05) is 32.0 Å². The van der Waals surface area contributed by atoms with E-state index in [-0.39, 0.29) is 0 Å². The highest BCUT2D eigenvalue weighted by Crippen LogP contribution is 2.26. The van der Waals surface area contributed by atoms with Crippen LogP contribution in [0.1, 0.15) is 38.7 Å². The van der Waals surface area contributed by atoms with Gasteiger partial charge in [-0.3, -0.25) is 4.79 Å². The van der Waals surface area contributed by atoms with Gasteiger partial charge in [-0.2, -0.15) is 0 Å². The molecule has 3 heteroatoms. The number of ether oxygens (including phenoxy) is 1. The molecule has 0 aliphatic carbocycles. The third-order valence-electron chi connectivity index (χ3n) is 3.93. The number of benzene rings is 1. The van der Waals surface area contributed by atoms with Gasteiger partial charge in [-0.05, 0) is 36.8 Å². The van der Waals surface area contributed by atoms with Crippen molar-refractivity contribution in [3.05, 3.63) is 29.8 Å². The van der Waals surface area contributed by atoms with Gasteiger partial charge >= 0.3 is 0 Å². The van der Waals surface area contributed by atoms with Gasteiger partial charge in [0.1, 0.15) is 5.75 Å². The van der Waals surface area contributed by atoms with Gasteiger partial charge < -0.3 is 9.64 Å². The van der Waals surface area contributed by atoms with Crippen molar-refractivity contribution in [2.45, 2.75) is 45.6 Å².